The minimum absolute atomic E-state index is 0.0849. The van der Waals surface area contributed by atoms with Gasteiger partial charge in [0, 0.05) is 19.3 Å². The molecule has 1 atom stereocenters. The molecule has 2 aromatic heterocycles. The lowest BCUT2D eigenvalue weighted by Crippen LogP contribution is -2.31. The van der Waals surface area contributed by atoms with Gasteiger partial charge in [0.05, 0.1) is 24.1 Å². The molecule has 7 rings (SSSR count). The summed E-state index contributed by atoms with van der Waals surface area (Å²) >= 11 is 0. The summed E-state index contributed by atoms with van der Waals surface area (Å²) in [5, 5.41) is 8.64. The van der Waals surface area contributed by atoms with Gasteiger partial charge in [-0.25, -0.2) is 9.98 Å². The molecule has 6 aromatic rings. The fraction of sp³-hybridized carbons (Fsp3) is 0.200. The molecule has 4 aromatic carbocycles. The minimum atomic E-state index is -0.504. The van der Waals surface area contributed by atoms with Crippen molar-refractivity contribution in [3.63, 3.8) is 0 Å². The zero-order valence-corrected chi connectivity index (χ0v) is 34.5. The molecule has 0 spiro atoms. The Labute approximate surface area is 362 Å². The number of nitrogens with zero attached hydrogens (tertiary/aromatic N) is 4. The van der Waals surface area contributed by atoms with Crippen molar-refractivity contribution in [1.29, 1.82) is 0 Å². The summed E-state index contributed by atoms with van der Waals surface area (Å²) in [5.74, 6) is 0.682. The Bertz CT molecular complexity index is 2590. The Morgan fingerprint density at radius 3 is 1.76 bits per heavy atom. The Morgan fingerprint density at radius 1 is 0.714 bits per heavy atom. The summed E-state index contributed by atoms with van der Waals surface area (Å²) in [5.41, 5.74) is 18.6. The first-order valence-corrected chi connectivity index (χ1v) is 19.8. The number of ether oxygens (including phenoxy) is 4. The fourth-order valence-electron chi connectivity index (χ4n) is 6.08. The monoisotopic (exact) mass is 854 g/mol. The highest BCUT2D eigenvalue weighted by molar-refractivity contribution is 5.98. The number of amides is 2. The number of nitrogen functional groups attached to an aromatic ring is 1. The molecule has 18 nitrogen and oxygen atoms in total. The molecule has 3 heterocycles. The van der Waals surface area contributed by atoms with Crippen molar-refractivity contribution in [3.8, 4) is 17.4 Å². The molecular formula is C45H46N10O8. The van der Waals surface area contributed by atoms with Gasteiger partial charge in [-0.15, -0.1) is 0 Å². The van der Waals surface area contributed by atoms with Crippen molar-refractivity contribution in [1.82, 2.24) is 35.9 Å². The van der Waals surface area contributed by atoms with Gasteiger partial charge in [0.1, 0.15) is 29.5 Å². The molecule has 63 heavy (non-hydrogen) atoms. The number of aromatic nitrogens is 4. The average Bonchev–Trinajstić information content (AvgIpc) is 3.78. The molecule has 0 saturated heterocycles. The molecule has 0 bridgehead atoms. The van der Waals surface area contributed by atoms with Gasteiger partial charge in [0.2, 0.25) is 18.2 Å². The number of aromatic amines is 1. The molecule has 1 unspecified atom stereocenters. The standard InChI is InChI=1S/C23H22N6O4.C22H24N4O4/c1-2-14-7-8-17(18(9-14)33-13-30)21(31)25-10-15-3-5-16(6-4-15)11-32-22-19-20(27-12-26-19)28-23(24)29-22;1-2-15-7-8-18(19(11-15)30-14-27)21(28)25-12-16-3-5-17(6-4-16)13-29-22-24-10-9-20(23)26-22/h3-9,12-13H,2,10-11H2,1H3,(H,25,31)(H3,24,26,27,28,29);3-11,14,22,24H,2,12-13H2,1H3,(H2,23,26)(H,25,28). The van der Waals surface area contributed by atoms with Crippen LogP contribution in [0.4, 0.5) is 5.95 Å². The van der Waals surface area contributed by atoms with Crippen LogP contribution in [0.2, 0.25) is 0 Å². The van der Waals surface area contributed by atoms with E-state index in [0.29, 0.717) is 66.6 Å². The van der Waals surface area contributed by atoms with E-state index < -0.39 is 6.35 Å². The van der Waals surface area contributed by atoms with E-state index >= 15 is 0 Å². The predicted octanol–water partition coefficient (Wildman–Crippen LogP) is 4.53. The minimum Gasteiger partial charge on any atom is -0.471 e. The van der Waals surface area contributed by atoms with Crippen LogP contribution in [-0.4, -0.2) is 56.9 Å². The summed E-state index contributed by atoms with van der Waals surface area (Å²) in [7, 11) is 0. The highest BCUT2D eigenvalue weighted by Gasteiger charge is 2.16. The van der Waals surface area contributed by atoms with Crippen LogP contribution < -0.4 is 41.6 Å². The molecule has 0 saturated carbocycles. The van der Waals surface area contributed by atoms with Gasteiger partial charge < -0.3 is 51.3 Å². The first-order chi connectivity index (χ1) is 30.7. The van der Waals surface area contributed by atoms with Gasteiger partial charge >= 0.3 is 0 Å². The first kappa shape index (κ1) is 44.4. The van der Waals surface area contributed by atoms with Gasteiger partial charge in [0.15, 0.2) is 5.65 Å². The van der Waals surface area contributed by atoms with Crippen molar-refractivity contribution in [2.24, 2.45) is 10.7 Å². The highest BCUT2D eigenvalue weighted by atomic mass is 16.5. The van der Waals surface area contributed by atoms with Gasteiger partial charge in [-0.2, -0.15) is 9.97 Å². The normalized spacial score (nSPS) is 12.8. The van der Waals surface area contributed by atoms with Crippen LogP contribution in [0.15, 0.2) is 109 Å². The largest absolute Gasteiger partial charge is 0.471 e. The molecular weight excluding hydrogens is 809 g/mol. The SMILES string of the molecule is CCc1ccc(C(=O)NCc2ccc(COC3N=C(N)C=CN3)cc2)c(OC=O)c1.CCc1ccc(C(=O)NCc2ccc(COc3nc(N)nc4nc[nH]c34)cc2)c(OC=O)c1. The van der Waals surface area contributed by atoms with Crippen molar-refractivity contribution in [2.45, 2.75) is 59.3 Å². The quantitative estimate of drug-likeness (QED) is 0.0650. The van der Waals surface area contributed by atoms with Crippen LogP contribution in [0.1, 0.15) is 67.9 Å². The number of aryl methyl sites for hydroxylation is 2. The third-order valence-corrected chi connectivity index (χ3v) is 9.51. The predicted molar refractivity (Wildman–Crippen MR) is 233 cm³/mol. The Morgan fingerprint density at radius 2 is 1.24 bits per heavy atom. The Hall–Kier alpha value is -8.12. The number of hydrogen-bond acceptors (Lipinski definition) is 15. The average molecular weight is 855 g/mol. The highest BCUT2D eigenvalue weighted by Crippen LogP contribution is 2.23. The van der Waals surface area contributed by atoms with E-state index in [4.69, 9.17) is 30.4 Å². The molecule has 18 heteroatoms. The number of carbonyl (C=O) groups excluding carboxylic acids is 4. The van der Waals surface area contributed by atoms with E-state index in [-0.39, 0.29) is 35.9 Å². The number of nitrogens with one attached hydrogen (secondary N) is 4. The number of carbonyl (C=O) groups is 4. The third-order valence-electron chi connectivity index (χ3n) is 9.51. The summed E-state index contributed by atoms with van der Waals surface area (Å²) in [6.07, 6.45) is 5.90. The fourth-order valence-corrected chi connectivity index (χ4v) is 6.08. The molecule has 0 aliphatic carbocycles. The number of hydrogen-bond donors (Lipinski definition) is 6. The number of benzene rings is 4. The lowest BCUT2D eigenvalue weighted by atomic mass is 10.1. The molecule has 324 valence electrons. The van der Waals surface area contributed by atoms with Crippen molar-refractivity contribution in [3.05, 3.63) is 148 Å². The van der Waals surface area contributed by atoms with Crippen molar-refractivity contribution >= 4 is 47.7 Å². The summed E-state index contributed by atoms with van der Waals surface area (Å²) in [4.78, 5) is 65.9. The summed E-state index contributed by atoms with van der Waals surface area (Å²) < 4.78 is 21.4. The smallest absolute Gasteiger partial charge is 0.298 e. The molecule has 1 aliphatic heterocycles. The van der Waals surface area contributed by atoms with Crippen molar-refractivity contribution in [2.75, 3.05) is 5.73 Å². The van der Waals surface area contributed by atoms with Gasteiger partial charge in [0.25, 0.3) is 24.8 Å². The maximum Gasteiger partial charge on any atom is 0.298 e. The van der Waals surface area contributed by atoms with Gasteiger partial charge in [-0.1, -0.05) is 74.5 Å². The van der Waals surface area contributed by atoms with Gasteiger partial charge in [-0.05, 0) is 76.6 Å². The second kappa shape index (κ2) is 21.9. The van der Waals surface area contributed by atoms with Gasteiger partial charge in [-0.3, -0.25) is 19.2 Å². The second-order valence-electron chi connectivity index (χ2n) is 13.8. The zero-order chi connectivity index (χ0) is 44.6. The van der Waals surface area contributed by atoms with E-state index in [2.05, 4.69) is 40.9 Å². The van der Waals surface area contributed by atoms with Crippen molar-refractivity contribution < 1.29 is 38.1 Å². The molecule has 2 amide bonds. The van der Waals surface area contributed by atoms with Crippen LogP contribution in [0.25, 0.3) is 11.2 Å². The maximum atomic E-state index is 12.6. The number of fused-ring (bicyclic) bond motifs is 1. The Kier molecular flexibility index (Phi) is 15.5. The van der Waals surface area contributed by atoms with Crippen LogP contribution in [0.3, 0.4) is 0 Å². The van der Waals surface area contributed by atoms with E-state index in [0.717, 1.165) is 46.2 Å². The first-order valence-electron chi connectivity index (χ1n) is 19.8. The zero-order valence-electron chi connectivity index (χ0n) is 34.5. The van der Waals surface area contributed by atoms with Crippen LogP contribution >= 0.6 is 0 Å². The molecule has 0 fully saturated rings. The number of amidine groups is 1. The van der Waals surface area contributed by atoms with Crippen LogP contribution in [0, 0.1) is 0 Å². The van der Waals surface area contributed by atoms with E-state index in [1.807, 2.05) is 74.5 Å². The second-order valence-corrected chi connectivity index (χ2v) is 13.8. The number of rotatable bonds is 18. The van der Waals surface area contributed by atoms with E-state index in [9.17, 15) is 19.2 Å². The number of anilines is 1. The van der Waals surface area contributed by atoms with E-state index in [1.54, 1.807) is 36.5 Å². The summed E-state index contributed by atoms with van der Waals surface area (Å²) in [6, 6.07) is 25.6. The van der Waals surface area contributed by atoms with E-state index in [1.165, 1.54) is 6.33 Å². The van der Waals surface area contributed by atoms with Crippen LogP contribution in [-0.2, 0) is 53.5 Å². The Balaban J connectivity index is 0.000000211. The molecule has 8 N–H and O–H groups in total. The van der Waals surface area contributed by atoms with Crippen LogP contribution in [0.5, 0.6) is 17.4 Å². The topological polar surface area (TPSA) is 260 Å². The summed E-state index contributed by atoms with van der Waals surface area (Å²) in [6.45, 7) is 5.90. The maximum absolute atomic E-state index is 12.6. The lowest BCUT2D eigenvalue weighted by Gasteiger charge is -2.17. The number of H-pyrrole nitrogens is 1. The lowest BCUT2D eigenvalue weighted by molar-refractivity contribution is -0.121. The number of nitrogens with two attached hydrogens (primary N) is 2. The third kappa shape index (κ3) is 12.5. The molecule has 0 radical (unpaired) electrons. The molecule has 1 aliphatic rings. The number of aliphatic imine (C=N–C) groups is 1. The number of imidazole rings is 1.